The molecule has 1 atom stereocenters. The lowest BCUT2D eigenvalue weighted by Crippen LogP contribution is -2.33. The van der Waals surface area contributed by atoms with Crippen molar-refractivity contribution < 1.29 is 18.7 Å². The molecule has 164 valence electrons. The number of amides is 1. The van der Waals surface area contributed by atoms with Crippen LogP contribution in [0.5, 0.6) is 11.5 Å². The Morgan fingerprint density at radius 2 is 2.10 bits per heavy atom. The van der Waals surface area contributed by atoms with Crippen LogP contribution in [0.2, 0.25) is 0 Å². The molecule has 1 fully saturated rings. The molecule has 0 saturated carbocycles. The highest BCUT2D eigenvalue weighted by Gasteiger charge is 2.30. The van der Waals surface area contributed by atoms with Crippen LogP contribution >= 0.6 is 0 Å². The fourth-order valence-electron chi connectivity index (χ4n) is 4.34. The van der Waals surface area contributed by atoms with E-state index in [1.54, 1.807) is 28.1 Å². The van der Waals surface area contributed by atoms with Crippen LogP contribution in [-0.4, -0.2) is 48.3 Å². The number of H-pyrrole nitrogens is 1. The number of nitrogens with zero attached hydrogens (tertiary/aromatic N) is 2. The van der Waals surface area contributed by atoms with Crippen LogP contribution in [0.1, 0.15) is 35.9 Å². The fourth-order valence-corrected chi connectivity index (χ4v) is 4.34. The fraction of sp³-hybridized carbons (Fsp3) is 0.409. The van der Waals surface area contributed by atoms with E-state index in [1.165, 1.54) is 0 Å². The van der Waals surface area contributed by atoms with Crippen LogP contribution in [0.15, 0.2) is 27.4 Å². The van der Waals surface area contributed by atoms with E-state index in [0.29, 0.717) is 22.2 Å². The van der Waals surface area contributed by atoms with Gasteiger partial charge in [0.25, 0.3) is 5.56 Å². The van der Waals surface area contributed by atoms with Crippen LogP contribution in [0.25, 0.3) is 10.8 Å². The summed E-state index contributed by atoms with van der Waals surface area (Å²) in [7, 11) is 3.24. The Hall–Kier alpha value is -3.33. The molecule has 3 aromatic rings. The normalized spacial score (nSPS) is 16.6. The van der Waals surface area contributed by atoms with Crippen LogP contribution < -0.4 is 20.3 Å². The number of hydrogen-bond acceptors (Lipinski definition) is 7. The summed E-state index contributed by atoms with van der Waals surface area (Å²) in [4.78, 5) is 27.3. The number of ether oxygens (including phenoxy) is 2. The molecule has 4 rings (SSSR count). The molecule has 0 spiro atoms. The van der Waals surface area contributed by atoms with Gasteiger partial charge in [-0.05, 0) is 39.3 Å². The summed E-state index contributed by atoms with van der Waals surface area (Å²) in [6.45, 7) is 4.49. The molecule has 9 nitrogen and oxygen atoms in total. The predicted octanol–water partition coefficient (Wildman–Crippen LogP) is 2.93. The smallest absolute Gasteiger partial charge is 0.277 e. The van der Waals surface area contributed by atoms with Gasteiger partial charge < -0.3 is 13.9 Å². The molecular formula is C22H26N4O5. The molecule has 2 aromatic heterocycles. The minimum Gasteiger partial charge on any atom is -0.497 e. The molecule has 1 aliphatic rings. The van der Waals surface area contributed by atoms with E-state index in [9.17, 15) is 9.59 Å². The summed E-state index contributed by atoms with van der Waals surface area (Å²) in [6, 6.07) is 5.79. The van der Waals surface area contributed by atoms with Crippen LogP contribution in [0.4, 0.5) is 5.88 Å². The summed E-state index contributed by atoms with van der Waals surface area (Å²) >= 11 is 0. The number of hydrogen-bond donors (Lipinski definition) is 2. The summed E-state index contributed by atoms with van der Waals surface area (Å²) in [5.41, 5.74) is 1.27. The third-order valence-electron chi connectivity index (χ3n) is 5.76. The van der Waals surface area contributed by atoms with Crippen molar-refractivity contribution in [2.24, 2.45) is 0 Å². The highest BCUT2D eigenvalue weighted by molar-refractivity contribution is 6.01. The Morgan fingerprint density at radius 1 is 1.29 bits per heavy atom. The van der Waals surface area contributed by atoms with E-state index < -0.39 is 5.56 Å². The topological polar surface area (TPSA) is 110 Å². The largest absolute Gasteiger partial charge is 0.497 e. The van der Waals surface area contributed by atoms with E-state index in [4.69, 9.17) is 13.9 Å². The van der Waals surface area contributed by atoms with Gasteiger partial charge in [0.15, 0.2) is 0 Å². The van der Waals surface area contributed by atoms with Crippen LogP contribution in [-0.2, 0) is 4.79 Å². The zero-order valence-electron chi connectivity index (χ0n) is 18.1. The van der Waals surface area contributed by atoms with E-state index >= 15 is 0 Å². The number of aromatic amines is 1. The maximum Gasteiger partial charge on any atom is 0.277 e. The van der Waals surface area contributed by atoms with Crippen LogP contribution in [0.3, 0.4) is 0 Å². The Labute approximate surface area is 179 Å². The number of likely N-dealkylation sites (tertiary alicyclic amines) is 1. The molecule has 31 heavy (non-hydrogen) atoms. The molecular weight excluding hydrogens is 400 g/mol. The standard InChI is InChI=1S/C22H26N4O5/c1-12-19-13(2)31-22(20(19)21(28)25-24-12)23-18(27)11-26-9-5-6-16(26)15-8-7-14(29-3)10-17(15)30-4/h7-8,10,16H,5-6,9,11H2,1-4H3,(H,23,27)(H,25,28)/t16-/m0/s1. The van der Waals surface area contributed by atoms with Gasteiger partial charge >= 0.3 is 0 Å². The molecule has 0 unspecified atom stereocenters. The van der Waals surface area contributed by atoms with E-state index in [0.717, 1.165) is 36.4 Å². The minimum atomic E-state index is -0.394. The van der Waals surface area contributed by atoms with Crippen molar-refractivity contribution in [2.75, 3.05) is 32.6 Å². The number of aryl methyl sites for hydroxylation is 2. The zero-order valence-corrected chi connectivity index (χ0v) is 18.1. The summed E-state index contributed by atoms with van der Waals surface area (Å²) in [5, 5.41) is 10.1. The minimum absolute atomic E-state index is 0.0523. The number of carbonyl (C=O) groups is 1. The van der Waals surface area contributed by atoms with Crippen molar-refractivity contribution in [2.45, 2.75) is 32.7 Å². The second kappa shape index (κ2) is 8.43. The molecule has 0 bridgehead atoms. The average molecular weight is 426 g/mol. The first-order chi connectivity index (χ1) is 14.9. The average Bonchev–Trinajstić information content (AvgIpc) is 3.34. The Kier molecular flexibility index (Phi) is 5.69. The molecule has 1 amide bonds. The van der Waals surface area contributed by atoms with Crippen molar-refractivity contribution in [1.82, 2.24) is 15.1 Å². The van der Waals surface area contributed by atoms with Crippen molar-refractivity contribution >= 4 is 22.6 Å². The Morgan fingerprint density at radius 3 is 2.84 bits per heavy atom. The number of methoxy groups -OCH3 is 2. The Bertz CT molecular complexity index is 1180. The van der Waals surface area contributed by atoms with E-state index in [2.05, 4.69) is 20.4 Å². The first-order valence-electron chi connectivity index (χ1n) is 10.2. The van der Waals surface area contributed by atoms with Gasteiger partial charge in [-0.3, -0.25) is 19.8 Å². The molecule has 1 aromatic carbocycles. The van der Waals surface area contributed by atoms with Gasteiger partial charge in [0.05, 0.1) is 31.8 Å². The lowest BCUT2D eigenvalue weighted by molar-refractivity contribution is -0.117. The summed E-state index contributed by atoms with van der Waals surface area (Å²) < 4.78 is 16.5. The van der Waals surface area contributed by atoms with E-state index in [1.807, 2.05) is 18.2 Å². The quantitative estimate of drug-likeness (QED) is 0.624. The van der Waals surface area contributed by atoms with Gasteiger partial charge in [0.2, 0.25) is 11.8 Å². The van der Waals surface area contributed by atoms with Gasteiger partial charge in [0.1, 0.15) is 22.6 Å². The molecule has 0 aliphatic carbocycles. The van der Waals surface area contributed by atoms with Crippen molar-refractivity contribution in [1.29, 1.82) is 0 Å². The number of furan rings is 1. The summed E-state index contributed by atoms with van der Waals surface area (Å²) in [5.74, 6) is 1.91. The molecule has 0 radical (unpaired) electrons. The maximum atomic E-state index is 12.9. The van der Waals surface area contributed by atoms with Crippen LogP contribution in [0, 0.1) is 13.8 Å². The number of carbonyl (C=O) groups excluding carboxylic acids is 1. The first kappa shape index (κ1) is 20.9. The zero-order chi connectivity index (χ0) is 22.1. The lowest BCUT2D eigenvalue weighted by atomic mass is 10.0. The van der Waals surface area contributed by atoms with Gasteiger partial charge in [0, 0.05) is 17.7 Å². The number of fused-ring (bicyclic) bond motifs is 1. The number of rotatable bonds is 6. The third kappa shape index (κ3) is 3.88. The van der Waals surface area contributed by atoms with E-state index in [-0.39, 0.29) is 24.4 Å². The molecule has 9 heteroatoms. The molecule has 1 aliphatic heterocycles. The summed E-state index contributed by atoms with van der Waals surface area (Å²) in [6.07, 6.45) is 1.89. The van der Waals surface area contributed by atoms with Gasteiger partial charge in [-0.25, -0.2) is 5.10 Å². The van der Waals surface area contributed by atoms with Crippen molar-refractivity contribution in [3.63, 3.8) is 0 Å². The predicted molar refractivity (Wildman–Crippen MR) is 116 cm³/mol. The van der Waals surface area contributed by atoms with Crippen molar-refractivity contribution in [3.05, 3.63) is 45.6 Å². The first-order valence-corrected chi connectivity index (χ1v) is 10.2. The van der Waals surface area contributed by atoms with Crippen molar-refractivity contribution in [3.8, 4) is 11.5 Å². The molecule has 2 N–H and O–H groups in total. The highest BCUT2D eigenvalue weighted by atomic mass is 16.5. The maximum absolute atomic E-state index is 12.9. The van der Waals surface area contributed by atoms with Gasteiger partial charge in [-0.1, -0.05) is 6.07 Å². The number of anilines is 1. The number of aromatic nitrogens is 2. The SMILES string of the molecule is COc1ccc([C@@H]2CCCN2CC(=O)Nc2oc(C)c3c(C)n[nH]c(=O)c23)c(OC)c1. The number of nitrogens with one attached hydrogen (secondary N) is 2. The van der Waals surface area contributed by atoms with Gasteiger partial charge in [-0.15, -0.1) is 0 Å². The molecule has 3 heterocycles. The number of benzene rings is 1. The third-order valence-corrected chi connectivity index (χ3v) is 5.76. The van der Waals surface area contributed by atoms with Gasteiger partial charge in [-0.2, -0.15) is 5.10 Å². The highest BCUT2D eigenvalue weighted by Crippen LogP contribution is 2.38. The second-order valence-electron chi connectivity index (χ2n) is 7.66. The molecule has 1 saturated heterocycles. The second-order valence-corrected chi connectivity index (χ2v) is 7.66. The Balaban J connectivity index is 1.55. The lowest BCUT2D eigenvalue weighted by Gasteiger charge is -2.25. The monoisotopic (exact) mass is 426 g/mol.